The average Bonchev–Trinajstić information content (AvgIpc) is 2.55. The Balaban J connectivity index is 1.91. The van der Waals surface area contributed by atoms with E-state index in [1.807, 2.05) is 13.0 Å². The first-order chi connectivity index (χ1) is 12.2. The monoisotopic (exact) mass is 362 g/mol. The molecule has 0 radical (unpaired) electrons. The van der Waals surface area contributed by atoms with Crippen molar-refractivity contribution in [1.29, 1.82) is 0 Å². The molecule has 0 amide bonds. The zero-order chi connectivity index (χ0) is 18.9. The number of hydrogen-bond donors (Lipinski definition) is 2. The van der Waals surface area contributed by atoms with Crippen LogP contribution in [0.25, 0.3) is 10.9 Å². The fraction of sp³-hybridized carbons (Fsp3) is 0.111. The van der Waals surface area contributed by atoms with Crippen LogP contribution < -0.4 is 10.1 Å². The van der Waals surface area contributed by atoms with Gasteiger partial charge in [-0.15, -0.1) is 13.2 Å². The Kier molecular flexibility index (Phi) is 4.41. The number of fused-ring (bicyclic) bond motifs is 1. The number of aromatic carboxylic acids is 1. The highest BCUT2D eigenvalue weighted by molar-refractivity contribution is 6.03. The molecule has 0 saturated carbocycles. The third-order valence-corrected chi connectivity index (χ3v) is 3.55. The van der Waals surface area contributed by atoms with Gasteiger partial charge in [-0.05, 0) is 49.4 Å². The van der Waals surface area contributed by atoms with E-state index in [9.17, 15) is 23.1 Å². The summed E-state index contributed by atoms with van der Waals surface area (Å²) in [7, 11) is 0. The van der Waals surface area contributed by atoms with Crippen LogP contribution in [0.5, 0.6) is 5.75 Å². The lowest BCUT2D eigenvalue weighted by Gasteiger charge is -2.11. The normalized spacial score (nSPS) is 11.4. The van der Waals surface area contributed by atoms with Gasteiger partial charge < -0.3 is 15.2 Å². The van der Waals surface area contributed by atoms with Gasteiger partial charge in [0.15, 0.2) is 0 Å². The molecule has 134 valence electrons. The van der Waals surface area contributed by atoms with E-state index in [1.165, 1.54) is 18.2 Å². The lowest BCUT2D eigenvalue weighted by Crippen LogP contribution is -2.16. The first-order valence-electron chi connectivity index (χ1n) is 7.49. The minimum Gasteiger partial charge on any atom is -0.478 e. The van der Waals surface area contributed by atoms with Crippen LogP contribution in [0, 0.1) is 6.92 Å². The fourth-order valence-corrected chi connectivity index (χ4v) is 2.47. The lowest BCUT2D eigenvalue weighted by molar-refractivity contribution is -0.274. The second kappa shape index (κ2) is 6.55. The van der Waals surface area contributed by atoms with Crippen molar-refractivity contribution in [2.75, 3.05) is 5.32 Å². The van der Waals surface area contributed by atoms with E-state index in [0.29, 0.717) is 16.6 Å². The molecular weight excluding hydrogens is 349 g/mol. The van der Waals surface area contributed by atoms with E-state index in [-0.39, 0.29) is 17.1 Å². The number of aryl methyl sites for hydroxylation is 1. The molecule has 2 N–H and O–H groups in total. The van der Waals surface area contributed by atoms with Crippen molar-refractivity contribution < 1.29 is 27.8 Å². The Morgan fingerprint density at radius 1 is 1.12 bits per heavy atom. The quantitative estimate of drug-likeness (QED) is 0.692. The van der Waals surface area contributed by atoms with Crippen LogP contribution in [0.4, 0.5) is 24.7 Å². The van der Waals surface area contributed by atoms with Crippen LogP contribution in [0.1, 0.15) is 15.9 Å². The molecule has 0 unspecified atom stereocenters. The van der Waals surface area contributed by atoms with Gasteiger partial charge in [-0.1, -0.05) is 11.6 Å². The molecule has 2 aromatic carbocycles. The molecular formula is C18H13F3N2O3. The number of pyridine rings is 1. The molecule has 0 bridgehead atoms. The van der Waals surface area contributed by atoms with Crippen LogP contribution in [-0.2, 0) is 0 Å². The van der Waals surface area contributed by atoms with Crippen LogP contribution in [0.2, 0.25) is 0 Å². The van der Waals surface area contributed by atoms with Crippen molar-refractivity contribution in [1.82, 2.24) is 4.98 Å². The van der Waals surface area contributed by atoms with Gasteiger partial charge in [0.05, 0.1) is 11.1 Å². The molecule has 0 atom stereocenters. The van der Waals surface area contributed by atoms with Gasteiger partial charge in [0.2, 0.25) is 0 Å². The van der Waals surface area contributed by atoms with E-state index in [1.54, 1.807) is 12.1 Å². The number of nitrogens with one attached hydrogen (secondary N) is 1. The number of carbonyl (C=O) groups is 1. The van der Waals surface area contributed by atoms with E-state index in [4.69, 9.17) is 0 Å². The van der Waals surface area contributed by atoms with Gasteiger partial charge in [-0.3, -0.25) is 0 Å². The van der Waals surface area contributed by atoms with Crippen LogP contribution in [0.3, 0.4) is 0 Å². The number of carboxylic acids is 1. The van der Waals surface area contributed by atoms with Crippen LogP contribution in [-0.4, -0.2) is 22.4 Å². The molecule has 0 fully saturated rings. The SMILES string of the molecule is Cc1ccc2nc(Nc3ccc(OC(F)(F)F)cc3)cc(C(=O)O)c2c1. The molecule has 3 rings (SSSR count). The van der Waals surface area contributed by atoms with Crippen molar-refractivity contribution in [3.63, 3.8) is 0 Å². The molecule has 0 aliphatic heterocycles. The molecule has 0 saturated heterocycles. The lowest BCUT2D eigenvalue weighted by atomic mass is 10.1. The van der Waals surface area contributed by atoms with E-state index in [2.05, 4.69) is 15.0 Å². The van der Waals surface area contributed by atoms with Gasteiger partial charge in [-0.2, -0.15) is 0 Å². The van der Waals surface area contributed by atoms with Gasteiger partial charge >= 0.3 is 12.3 Å². The Hall–Kier alpha value is -3.29. The number of carboxylic acid groups (broad SMARTS) is 1. The van der Waals surface area contributed by atoms with E-state index < -0.39 is 12.3 Å². The molecule has 5 nitrogen and oxygen atoms in total. The maximum absolute atomic E-state index is 12.2. The molecule has 26 heavy (non-hydrogen) atoms. The van der Waals surface area contributed by atoms with Crippen molar-refractivity contribution in [2.45, 2.75) is 13.3 Å². The topological polar surface area (TPSA) is 71.5 Å². The highest BCUT2D eigenvalue weighted by Crippen LogP contribution is 2.27. The minimum atomic E-state index is -4.76. The molecule has 8 heteroatoms. The van der Waals surface area contributed by atoms with Gasteiger partial charge in [0.1, 0.15) is 11.6 Å². The number of hydrogen-bond acceptors (Lipinski definition) is 4. The van der Waals surface area contributed by atoms with Gasteiger partial charge in [-0.25, -0.2) is 9.78 Å². The number of alkyl halides is 3. The molecule has 1 heterocycles. The van der Waals surface area contributed by atoms with E-state index in [0.717, 1.165) is 17.7 Å². The summed E-state index contributed by atoms with van der Waals surface area (Å²) in [6.45, 7) is 1.85. The zero-order valence-electron chi connectivity index (χ0n) is 13.5. The Bertz CT molecular complexity index is 970. The van der Waals surface area contributed by atoms with Gasteiger partial charge in [0.25, 0.3) is 0 Å². The summed E-state index contributed by atoms with van der Waals surface area (Å²) in [5.74, 6) is -1.18. The maximum atomic E-state index is 12.2. The first kappa shape index (κ1) is 17.5. The number of ether oxygens (including phenoxy) is 1. The number of benzene rings is 2. The fourth-order valence-electron chi connectivity index (χ4n) is 2.47. The highest BCUT2D eigenvalue weighted by Gasteiger charge is 2.30. The highest BCUT2D eigenvalue weighted by atomic mass is 19.4. The predicted molar refractivity (Wildman–Crippen MR) is 89.8 cm³/mol. The second-order valence-corrected chi connectivity index (χ2v) is 5.58. The summed E-state index contributed by atoms with van der Waals surface area (Å²) < 4.78 is 40.4. The molecule has 3 aromatic rings. The maximum Gasteiger partial charge on any atom is 0.573 e. The zero-order valence-corrected chi connectivity index (χ0v) is 13.5. The smallest absolute Gasteiger partial charge is 0.478 e. The van der Waals surface area contributed by atoms with Crippen molar-refractivity contribution in [3.8, 4) is 5.75 Å². The number of anilines is 2. The summed E-state index contributed by atoms with van der Waals surface area (Å²) in [6.07, 6.45) is -4.76. The minimum absolute atomic E-state index is 0.0817. The first-order valence-corrected chi connectivity index (χ1v) is 7.49. The third kappa shape index (κ3) is 4.02. The predicted octanol–water partition coefficient (Wildman–Crippen LogP) is 4.88. The second-order valence-electron chi connectivity index (χ2n) is 5.58. The number of aromatic nitrogens is 1. The van der Waals surface area contributed by atoms with Crippen LogP contribution >= 0.6 is 0 Å². The Morgan fingerprint density at radius 2 is 1.81 bits per heavy atom. The Morgan fingerprint density at radius 3 is 2.42 bits per heavy atom. The molecule has 1 aromatic heterocycles. The summed E-state index contributed by atoms with van der Waals surface area (Å²) in [5, 5.41) is 12.8. The van der Waals surface area contributed by atoms with E-state index >= 15 is 0 Å². The van der Waals surface area contributed by atoms with Crippen molar-refractivity contribution in [2.24, 2.45) is 0 Å². The molecule has 0 aliphatic rings. The average molecular weight is 362 g/mol. The largest absolute Gasteiger partial charge is 0.573 e. The molecule has 0 spiro atoms. The van der Waals surface area contributed by atoms with Gasteiger partial charge in [0, 0.05) is 11.1 Å². The van der Waals surface area contributed by atoms with Crippen molar-refractivity contribution in [3.05, 3.63) is 59.7 Å². The number of halogens is 3. The summed E-state index contributed by atoms with van der Waals surface area (Å²) in [6, 6.07) is 11.7. The molecule has 0 aliphatic carbocycles. The summed E-state index contributed by atoms with van der Waals surface area (Å²) in [4.78, 5) is 15.9. The van der Waals surface area contributed by atoms with Crippen LogP contribution in [0.15, 0.2) is 48.5 Å². The Labute approximate surface area is 146 Å². The summed E-state index contributed by atoms with van der Waals surface area (Å²) >= 11 is 0. The van der Waals surface area contributed by atoms with Crippen molar-refractivity contribution >= 4 is 28.4 Å². The summed E-state index contributed by atoms with van der Waals surface area (Å²) in [5.41, 5.74) is 1.92. The third-order valence-electron chi connectivity index (χ3n) is 3.55. The number of rotatable bonds is 4. The number of nitrogens with zero attached hydrogens (tertiary/aromatic N) is 1. The standard InChI is InChI=1S/C18H13F3N2O3/c1-10-2-7-15-13(8-10)14(17(24)25)9-16(23-15)22-11-3-5-12(6-4-11)26-18(19,20)21/h2-9H,1H3,(H,22,23)(H,24,25).